The first-order valence-electron chi connectivity index (χ1n) is 11.9. The molecule has 2 aliphatic heterocycles. The van der Waals surface area contributed by atoms with Crippen LogP contribution in [0.15, 0.2) is 67.0 Å². The number of benzene rings is 2. The summed E-state index contributed by atoms with van der Waals surface area (Å²) >= 11 is 12.3. The van der Waals surface area contributed by atoms with Crippen molar-refractivity contribution >= 4 is 34.9 Å². The number of imidazole rings is 1. The van der Waals surface area contributed by atoms with E-state index in [1.165, 1.54) is 0 Å². The lowest BCUT2D eigenvalue weighted by Gasteiger charge is -2.41. The molecule has 2 fully saturated rings. The molecule has 1 amide bonds. The minimum absolute atomic E-state index is 0.195. The molecular weight excluding hydrogens is 481 g/mol. The maximum absolute atomic E-state index is 13.2. The van der Waals surface area contributed by atoms with Gasteiger partial charge >= 0.3 is 0 Å². The number of amides is 1. The van der Waals surface area contributed by atoms with E-state index in [-0.39, 0.29) is 18.0 Å². The van der Waals surface area contributed by atoms with Gasteiger partial charge in [0.2, 0.25) is 11.7 Å². The van der Waals surface area contributed by atoms with Crippen molar-refractivity contribution in [3.8, 4) is 11.3 Å². The summed E-state index contributed by atoms with van der Waals surface area (Å²) in [5.74, 6) is 0.881. The van der Waals surface area contributed by atoms with Crippen molar-refractivity contribution in [2.75, 3.05) is 13.1 Å². The van der Waals surface area contributed by atoms with Gasteiger partial charge in [-0.3, -0.25) is 14.1 Å². The Morgan fingerprint density at radius 3 is 2.49 bits per heavy atom. The van der Waals surface area contributed by atoms with Crippen LogP contribution < -0.4 is 0 Å². The molecule has 2 unspecified atom stereocenters. The van der Waals surface area contributed by atoms with Crippen LogP contribution in [-0.4, -0.2) is 55.2 Å². The maximum Gasteiger partial charge on any atom is 0.234 e. The minimum atomic E-state index is 0.195. The molecule has 35 heavy (non-hydrogen) atoms. The Balaban J connectivity index is 1.23. The Hall–Kier alpha value is -2.93. The molecule has 2 bridgehead atoms. The number of likely N-dealkylation sites (tertiary alicyclic amines) is 1. The molecule has 6 nitrogen and oxygen atoms in total. The van der Waals surface area contributed by atoms with E-state index >= 15 is 0 Å². The molecule has 178 valence electrons. The Labute approximate surface area is 214 Å². The van der Waals surface area contributed by atoms with Gasteiger partial charge in [0, 0.05) is 59.7 Å². The Morgan fingerprint density at radius 1 is 0.971 bits per heavy atom. The molecule has 2 aromatic heterocycles. The third-order valence-corrected chi connectivity index (χ3v) is 7.57. The quantitative estimate of drug-likeness (QED) is 0.377. The minimum Gasteiger partial charge on any atom is -0.334 e. The van der Waals surface area contributed by atoms with Crippen LogP contribution in [-0.2, 0) is 17.8 Å². The van der Waals surface area contributed by atoms with Gasteiger partial charge in [-0.1, -0.05) is 47.5 Å². The molecule has 4 heterocycles. The van der Waals surface area contributed by atoms with Crippen molar-refractivity contribution in [3.05, 3.63) is 88.3 Å². The highest BCUT2D eigenvalue weighted by molar-refractivity contribution is 6.30. The number of piperazine rings is 1. The van der Waals surface area contributed by atoms with Crippen LogP contribution in [0.5, 0.6) is 0 Å². The molecule has 0 radical (unpaired) electrons. The first-order chi connectivity index (χ1) is 17.0. The van der Waals surface area contributed by atoms with E-state index in [9.17, 15) is 4.79 Å². The number of carbonyl (C=O) groups is 1. The molecule has 4 aromatic rings. The molecule has 0 saturated carbocycles. The highest BCUT2D eigenvalue weighted by Gasteiger charge is 2.42. The zero-order chi connectivity index (χ0) is 23.9. The zero-order valence-electron chi connectivity index (χ0n) is 19.1. The normalized spacial score (nSPS) is 20.0. The number of aromatic nitrogens is 3. The zero-order valence-corrected chi connectivity index (χ0v) is 20.7. The van der Waals surface area contributed by atoms with Gasteiger partial charge in [0.25, 0.3) is 0 Å². The van der Waals surface area contributed by atoms with Gasteiger partial charge in [0.15, 0.2) is 0 Å². The van der Waals surface area contributed by atoms with Gasteiger partial charge in [-0.2, -0.15) is 0 Å². The number of carbonyl (C=O) groups excluding carboxylic acids is 1. The highest BCUT2D eigenvalue weighted by atomic mass is 35.5. The number of fused-ring (bicyclic) bond motifs is 3. The fourth-order valence-electron chi connectivity index (χ4n) is 5.58. The molecule has 2 aromatic carbocycles. The third kappa shape index (κ3) is 4.42. The summed E-state index contributed by atoms with van der Waals surface area (Å²) in [5, 5.41) is 1.37. The van der Waals surface area contributed by atoms with Gasteiger partial charge in [0.1, 0.15) is 0 Å². The number of nitrogens with zero attached hydrogens (tertiary/aromatic N) is 5. The summed E-state index contributed by atoms with van der Waals surface area (Å²) in [4.78, 5) is 27.1. The highest BCUT2D eigenvalue weighted by Crippen LogP contribution is 2.33. The fraction of sp³-hybridized carbons (Fsp3) is 0.296. The first-order valence-corrected chi connectivity index (χ1v) is 12.7. The smallest absolute Gasteiger partial charge is 0.234 e. The van der Waals surface area contributed by atoms with Crippen molar-refractivity contribution in [2.45, 2.75) is 37.9 Å². The van der Waals surface area contributed by atoms with Crippen molar-refractivity contribution in [1.82, 2.24) is 24.2 Å². The van der Waals surface area contributed by atoms with Crippen LogP contribution in [0.3, 0.4) is 0 Å². The molecule has 6 rings (SSSR count). The largest absolute Gasteiger partial charge is 0.334 e. The molecule has 2 saturated heterocycles. The number of hydrogen-bond acceptors (Lipinski definition) is 4. The monoisotopic (exact) mass is 505 g/mol. The Kier molecular flexibility index (Phi) is 5.96. The van der Waals surface area contributed by atoms with Crippen LogP contribution in [0.4, 0.5) is 0 Å². The van der Waals surface area contributed by atoms with E-state index in [2.05, 4.69) is 19.2 Å². The molecule has 2 aliphatic rings. The molecular formula is C27H25Cl2N5O. The predicted molar refractivity (Wildman–Crippen MR) is 138 cm³/mol. The van der Waals surface area contributed by atoms with Crippen molar-refractivity contribution in [1.29, 1.82) is 0 Å². The van der Waals surface area contributed by atoms with E-state index in [4.69, 9.17) is 28.2 Å². The van der Waals surface area contributed by atoms with Crippen LogP contribution in [0, 0.1) is 0 Å². The summed E-state index contributed by atoms with van der Waals surface area (Å²) < 4.78 is 2.07. The van der Waals surface area contributed by atoms with Crippen LogP contribution >= 0.6 is 23.2 Å². The van der Waals surface area contributed by atoms with Crippen LogP contribution in [0.1, 0.15) is 24.1 Å². The maximum atomic E-state index is 13.2. The van der Waals surface area contributed by atoms with E-state index in [0.717, 1.165) is 55.0 Å². The van der Waals surface area contributed by atoms with Crippen molar-refractivity contribution < 1.29 is 4.79 Å². The summed E-state index contributed by atoms with van der Waals surface area (Å²) in [6.45, 7) is 2.45. The Morgan fingerprint density at radius 2 is 1.74 bits per heavy atom. The summed E-state index contributed by atoms with van der Waals surface area (Å²) in [6.07, 6.45) is 6.27. The number of hydrogen-bond donors (Lipinski definition) is 0. The van der Waals surface area contributed by atoms with E-state index in [1.54, 1.807) is 6.20 Å². The fourth-order valence-corrected chi connectivity index (χ4v) is 5.92. The lowest BCUT2D eigenvalue weighted by atomic mass is 10.1. The standard InChI is InChI=1S/C27H25Cl2N5O/c28-20-7-5-19(6-8-20)26-24(33-12-2-11-30-27(33)31-26)17-32-15-22-9-10-23(16-32)34(22)25(35)14-18-3-1-4-21(29)13-18/h1-8,11-13,22-23H,9-10,14-17H2. The first kappa shape index (κ1) is 22.5. The Bertz CT molecular complexity index is 1370. The summed E-state index contributed by atoms with van der Waals surface area (Å²) in [5.41, 5.74) is 4.02. The molecule has 0 spiro atoms. The van der Waals surface area contributed by atoms with Gasteiger partial charge < -0.3 is 4.90 Å². The van der Waals surface area contributed by atoms with Crippen LogP contribution in [0.2, 0.25) is 10.0 Å². The SMILES string of the molecule is O=C(Cc1cccc(Cl)c1)N1C2CCC1CN(Cc1c(-c3ccc(Cl)cc3)nc3ncccn13)C2. The second kappa shape index (κ2) is 9.26. The topological polar surface area (TPSA) is 53.7 Å². The van der Waals surface area contributed by atoms with Gasteiger partial charge in [-0.25, -0.2) is 9.97 Å². The van der Waals surface area contributed by atoms with Gasteiger partial charge in [-0.15, -0.1) is 0 Å². The molecule has 8 heteroatoms. The number of halogens is 2. The van der Waals surface area contributed by atoms with E-state index in [0.29, 0.717) is 22.2 Å². The van der Waals surface area contributed by atoms with Gasteiger partial charge in [-0.05, 0) is 48.7 Å². The average molecular weight is 506 g/mol. The number of rotatable bonds is 5. The van der Waals surface area contributed by atoms with Crippen molar-refractivity contribution in [3.63, 3.8) is 0 Å². The van der Waals surface area contributed by atoms with Crippen molar-refractivity contribution in [2.24, 2.45) is 0 Å². The third-order valence-electron chi connectivity index (χ3n) is 7.08. The van der Waals surface area contributed by atoms with E-state index < -0.39 is 0 Å². The van der Waals surface area contributed by atoms with Gasteiger partial charge in [0.05, 0.1) is 17.8 Å². The lowest BCUT2D eigenvalue weighted by Crippen LogP contribution is -2.55. The molecule has 0 aliphatic carbocycles. The second-order valence-electron chi connectivity index (χ2n) is 9.39. The average Bonchev–Trinajstić information content (AvgIpc) is 3.34. The predicted octanol–water partition coefficient (Wildman–Crippen LogP) is 5.12. The second-order valence-corrected chi connectivity index (χ2v) is 10.3. The molecule has 0 N–H and O–H groups in total. The summed E-state index contributed by atoms with van der Waals surface area (Å²) in [7, 11) is 0. The van der Waals surface area contributed by atoms with Crippen LogP contribution in [0.25, 0.3) is 17.0 Å². The molecule has 2 atom stereocenters. The summed E-state index contributed by atoms with van der Waals surface area (Å²) in [6, 6.07) is 17.8. The van der Waals surface area contributed by atoms with E-state index in [1.807, 2.05) is 60.8 Å². The lowest BCUT2D eigenvalue weighted by molar-refractivity contribution is -0.136.